The summed E-state index contributed by atoms with van der Waals surface area (Å²) in [7, 11) is -4.43. The Morgan fingerprint density at radius 3 is 2.05 bits per heavy atom. The number of aliphatic hydroxyl groups excluding tert-OH is 3. The fourth-order valence-electron chi connectivity index (χ4n) is 5.65. The molecule has 2 aromatic carbocycles. The number of benzene rings is 2. The number of aliphatic hydroxyl groups is 3. The molecular weight excluding hydrogens is 896 g/mol. The third kappa shape index (κ3) is 16.8. The van der Waals surface area contributed by atoms with Crippen molar-refractivity contribution in [2.24, 2.45) is 0 Å². The molecule has 2 heterocycles. The van der Waals surface area contributed by atoms with E-state index in [0.717, 1.165) is 11.8 Å². The lowest BCUT2D eigenvalue weighted by Gasteiger charge is -2.40. The minimum absolute atomic E-state index is 0.0286. The van der Waals surface area contributed by atoms with Crippen LogP contribution in [0.15, 0.2) is 24.4 Å². The number of nitrogens with one attached hydrogen (secondary N) is 2. The van der Waals surface area contributed by atoms with Crippen LogP contribution in [0.2, 0.25) is 0 Å². The van der Waals surface area contributed by atoms with Gasteiger partial charge in [0, 0.05) is 18.8 Å². The Morgan fingerprint density at radius 2 is 1.42 bits per heavy atom. The van der Waals surface area contributed by atoms with Crippen LogP contribution in [0.5, 0.6) is 17.2 Å². The Balaban J connectivity index is 0.973. The van der Waals surface area contributed by atoms with Gasteiger partial charge in [-0.3, -0.25) is 9.36 Å². The number of ether oxygens (including phenoxy) is 7. The van der Waals surface area contributed by atoms with Crippen LogP contribution >= 0.6 is 7.60 Å². The van der Waals surface area contributed by atoms with Crippen LogP contribution in [0, 0.1) is 29.1 Å². The van der Waals surface area contributed by atoms with E-state index in [1.165, 1.54) is 12.1 Å². The summed E-state index contributed by atoms with van der Waals surface area (Å²) >= 11 is 0. The number of carbonyl (C=O) groups excluding carboxylic acids is 2. The molecule has 1 aliphatic rings. The number of hydrogen-bond acceptors (Lipinski definition) is 16. The maximum absolute atomic E-state index is 13.6. The van der Waals surface area contributed by atoms with Crippen molar-refractivity contribution >= 4 is 25.3 Å². The second-order valence-electron chi connectivity index (χ2n) is 13.9. The van der Waals surface area contributed by atoms with Gasteiger partial charge in [0.1, 0.15) is 29.8 Å². The number of nitrogens with zero attached hydrogens (tertiary/aromatic N) is 3. The summed E-state index contributed by atoms with van der Waals surface area (Å²) in [5.74, 6) is -14.7. The Hall–Kier alpha value is -4.60. The first kappa shape index (κ1) is 52.0. The van der Waals surface area contributed by atoms with Crippen molar-refractivity contribution in [3.63, 3.8) is 0 Å². The predicted octanol–water partition coefficient (Wildman–Crippen LogP) is 1.64. The number of esters is 1. The SMILES string of the molecule is O=C(NCCCCc1cn(CCOCCOCCOCCOCCC(=O)Oc2c(F)c(F)c(F)c(F)c2F)nn1)Nc1ccc(O[C@H]2O[C@H](CCP(=O)(O)O)[C@@H](O)[C@H](O)[C@@H]2O)cc1O. The van der Waals surface area contributed by atoms with E-state index in [4.69, 9.17) is 38.2 Å². The Bertz CT molecular complexity index is 1990. The van der Waals surface area contributed by atoms with E-state index in [1.54, 1.807) is 10.9 Å². The van der Waals surface area contributed by atoms with Gasteiger partial charge in [-0.15, -0.1) is 5.10 Å². The highest BCUT2D eigenvalue weighted by Gasteiger charge is 2.45. The van der Waals surface area contributed by atoms with E-state index < -0.39 is 103 Å². The molecule has 1 fully saturated rings. The molecule has 1 aliphatic heterocycles. The van der Waals surface area contributed by atoms with Gasteiger partial charge in [0.2, 0.25) is 41.1 Å². The molecule has 27 heteroatoms. The molecule has 3 aromatic rings. The molecule has 1 aromatic heterocycles. The van der Waals surface area contributed by atoms with Gasteiger partial charge in [-0.1, -0.05) is 5.21 Å². The zero-order chi connectivity index (χ0) is 46.8. The largest absolute Gasteiger partial charge is 0.506 e. The van der Waals surface area contributed by atoms with E-state index in [9.17, 15) is 56.5 Å². The molecular formula is C37H49F5N5O16P. The first-order valence-electron chi connectivity index (χ1n) is 19.7. The fraction of sp³-hybridized carbons (Fsp3) is 0.568. The van der Waals surface area contributed by atoms with Crippen LogP contribution < -0.4 is 20.1 Å². The maximum Gasteiger partial charge on any atom is 0.325 e. The number of phenols is 1. The predicted molar refractivity (Wildman–Crippen MR) is 207 cm³/mol. The van der Waals surface area contributed by atoms with Crippen molar-refractivity contribution in [2.75, 3.05) is 70.9 Å². The normalized spacial score (nSPS) is 18.8. The number of anilines is 1. The molecule has 1 saturated heterocycles. The molecule has 0 bridgehead atoms. The number of phenolic OH excluding ortho intramolecular Hbond substituents is 1. The molecule has 21 nitrogen and oxygen atoms in total. The number of rotatable bonds is 27. The highest BCUT2D eigenvalue weighted by Crippen LogP contribution is 2.38. The molecule has 0 saturated carbocycles. The number of carbonyl (C=O) groups is 2. The average Bonchev–Trinajstić information content (AvgIpc) is 3.71. The van der Waals surface area contributed by atoms with Crippen molar-refractivity contribution in [3.8, 4) is 17.2 Å². The van der Waals surface area contributed by atoms with Crippen molar-refractivity contribution in [3.05, 3.63) is 59.2 Å². The van der Waals surface area contributed by atoms with Crippen molar-refractivity contribution in [1.29, 1.82) is 0 Å². The van der Waals surface area contributed by atoms with Crippen molar-refractivity contribution in [2.45, 2.75) is 69.4 Å². The topological polar surface area (TPSA) is 292 Å². The summed E-state index contributed by atoms with van der Waals surface area (Å²) in [4.78, 5) is 42.4. The number of unbranched alkanes of at least 4 members (excludes halogenated alkanes) is 1. The number of urea groups is 1. The molecule has 8 N–H and O–H groups in total. The molecule has 358 valence electrons. The monoisotopic (exact) mass is 945 g/mol. The van der Waals surface area contributed by atoms with Crippen molar-refractivity contribution < 1.29 is 99.5 Å². The van der Waals surface area contributed by atoms with Gasteiger partial charge in [0.05, 0.1) is 89.5 Å². The summed E-state index contributed by atoms with van der Waals surface area (Å²) in [6, 6.07) is 3.16. The molecule has 0 aliphatic carbocycles. The zero-order valence-electron chi connectivity index (χ0n) is 34.0. The Labute approximate surface area is 361 Å². The van der Waals surface area contributed by atoms with Gasteiger partial charge in [0.25, 0.3) is 0 Å². The number of hydrogen-bond donors (Lipinski definition) is 8. The highest BCUT2D eigenvalue weighted by atomic mass is 31.2. The van der Waals surface area contributed by atoms with E-state index in [1.807, 2.05) is 0 Å². The first-order valence-corrected chi connectivity index (χ1v) is 21.5. The number of aromatic nitrogens is 3. The standard InChI is InChI=1S/C37H49F5N5O16P/c38-27-28(39)30(41)35(31(42)29(27)40)63-26(49)6-10-57-12-14-59-16-17-60-15-13-58-11-9-47-20-21(45-46-47)3-1-2-8-43-37(53)44-23-5-4-22(19-24(23)48)61-36-34(52)33(51)32(50)25(62-36)7-18-64(54,55)56/h4-5,19-20,25,32-34,36,48,50-52H,1-3,6-18H2,(H2,43,44,53)(H2,54,55,56)/t25-,32-,33+,34+,36+/m1/s1. The van der Waals surface area contributed by atoms with Gasteiger partial charge < -0.3 is 74.0 Å². The molecule has 2 amide bonds. The van der Waals surface area contributed by atoms with Crippen LogP contribution in [0.25, 0.3) is 0 Å². The zero-order valence-corrected chi connectivity index (χ0v) is 34.8. The van der Waals surface area contributed by atoms with Crippen LogP contribution in [0.3, 0.4) is 0 Å². The van der Waals surface area contributed by atoms with Crippen LogP contribution in [0.1, 0.15) is 31.4 Å². The highest BCUT2D eigenvalue weighted by molar-refractivity contribution is 7.51. The quantitative estimate of drug-likeness (QED) is 0.00788. The lowest BCUT2D eigenvalue weighted by Crippen LogP contribution is -2.59. The number of amides is 2. The summed E-state index contributed by atoms with van der Waals surface area (Å²) in [5, 5.41) is 54.4. The van der Waals surface area contributed by atoms with Crippen LogP contribution in [-0.4, -0.2) is 153 Å². The average molecular weight is 946 g/mol. The second-order valence-corrected chi connectivity index (χ2v) is 15.6. The molecule has 0 unspecified atom stereocenters. The number of aromatic hydroxyl groups is 1. The summed E-state index contributed by atoms with van der Waals surface area (Å²) in [5.41, 5.74) is 0.771. The minimum atomic E-state index is -4.43. The summed E-state index contributed by atoms with van der Waals surface area (Å²) < 4.78 is 116. The van der Waals surface area contributed by atoms with Gasteiger partial charge >= 0.3 is 19.6 Å². The summed E-state index contributed by atoms with van der Waals surface area (Å²) in [6.45, 7) is 2.06. The molecule has 5 atom stereocenters. The van der Waals surface area contributed by atoms with Crippen LogP contribution in [0.4, 0.5) is 32.4 Å². The smallest absolute Gasteiger partial charge is 0.325 e. The maximum atomic E-state index is 13.6. The minimum Gasteiger partial charge on any atom is -0.506 e. The molecule has 0 spiro atoms. The molecule has 64 heavy (non-hydrogen) atoms. The summed E-state index contributed by atoms with van der Waals surface area (Å²) in [6.07, 6.45) is -5.75. The van der Waals surface area contributed by atoms with Crippen molar-refractivity contribution in [1.82, 2.24) is 20.3 Å². The van der Waals surface area contributed by atoms with Gasteiger partial charge in [-0.2, -0.15) is 8.78 Å². The number of aryl methyl sites for hydroxylation is 1. The lowest BCUT2D eigenvalue weighted by atomic mass is 9.97. The third-order valence-electron chi connectivity index (χ3n) is 8.99. The Morgan fingerprint density at radius 1 is 0.812 bits per heavy atom. The lowest BCUT2D eigenvalue weighted by molar-refractivity contribution is -0.272. The number of halogens is 5. The van der Waals surface area contributed by atoms with E-state index >= 15 is 0 Å². The second kappa shape index (κ2) is 25.8. The van der Waals surface area contributed by atoms with Gasteiger partial charge in [0.15, 0.2) is 0 Å². The fourth-order valence-corrected chi connectivity index (χ4v) is 6.24. The third-order valence-corrected chi connectivity index (χ3v) is 9.83. The Kier molecular flexibility index (Phi) is 21.0. The van der Waals surface area contributed by atoms with E-state index in [-0.39, 0.29) is 50.9 Å². The van der Waals surface area contributed by atoms with Gasteiger partial charge in [-0.05, 0) is 37.8 Å². The van der Waals surface area contributed by atoms with Crippen LogP contribution in [-0.2, 0) is 46.0 Å². The first-order chi connectivity index (χ1) is 30.4. The van der Waals surface area contributed by atoms with E-state index in [2.05, 4.69) is 25.7 Å². The molecule has 4 rings (SSSR count). The van der Waals surface area contributed by atoms with E-state index in [0.29, 0.717) is 52.2 Å². The molecule has 0 radical (unpaired) electrons. The van der Waals surface area contributed by atoms with Gasteiger partial charge in [-0.25, -0.2) is 22.6 Å².